The quantitative estimate of drug-likeness (QED) is 0.544. The number of carbonyl (C=O) groups is 1. The van der Waals surface area contributed by atoms with Crippen LogP contribution in [0.2, 0.25) is 0 Å². The summed E-state index contributed by atoms with van der Waals surface area (Å²) in [5.74, 6) is 0.415. The van der Waals surface area contributed by atoms with Crippen molar-refractivity contribution in [3.8, 4) is 11.1 Å². The first-order valence-corrected chi connectivity index (χ1v) is 10.1. The van der Waals surface area contributed by atoms with Crippen molar-refractivity contribution >= 4 is 11.8 Å². The number of allylic oxidation sites excluding steroid dienone is 4. The minimum absolute atomic E-state index is 0.323. The number of nitrogens with one attached hydrogen (secondary N) is 1. The van der Waals surface area contributed by atoms with Gasteiger partial charge in [-0.15, -0.1) is 0 Å². The predicted octanol–water partition coefficient (Wildman–Crippen LogP) is 6.14. The minimum Gasteiger partial charge on any atom is -0.449 e. The summed E-state index contributed by atoms with van der Waals surface area (Å²) in [6.45, 7) is 0.323. The Labute approximate surface area is 176 Å². The van der Waals surface area contributed by atoms with Crippen molar-refractivity contribution in [1.29, 1.82) is 0 Å². The predicted molar refractivity (Wildman–Crippen MR) is 120 cm³/mol. The Hall–Kier alpha value is -3.66. The monoisotopic (exact) mass is 396 g/mol. The summed E-state index contributed by atoms with van der Waals surface area (Å²) in [5.41, 5.74) is 4.99. The molecule has 0 fully saturated rings. The lowest BCUT2D eigenvalue weighted by atomic mass is 9.91. The highest BCUT2D eigenvalue weighted by Crippen LogP contribution is 2.30. The molecule has 1 amide bonds. The molecule has 0 saturated carbocycles. The highest BCUT2D eigenvalue weighted by atomic mass is 16.5. The molecule has 3 aromatic rings. The van der Waals surface area contributed by atoms with Crippen LogP contribution < -0.4 is 5.32 Å². The molecule has 1 aromatic heterocycles. The molecule has 1 atom stereocenters. The first kappa shape index (κ1) is 19.6. The van der Waals surface area contributed by atoms with E-state index in [9.17, 15) is 4.79 Å². The van der Waals surface area contributed by atoms with E-state index in [-0.39, 0.29) is 0 Å². The smallest absolute Gasteiger partial charge is 0.411 e. The fraction of sp³-hybridized carbons (Fsp3) is 0.154. The van der Waals surface area contributed by atoms with E-state index in [4.69, 9.17) is 4.74 Å². The fourth-order valence-corrected chi connectivity index (χ4v) is 3.54. The number of anilines is 1. The van der Waals surface area contributed by atoms with E-state index in [1.807, 2.05) is 36.4 Å². The molecular formula is C26H24N2O2. The first-order valence-electron chi connectivity index (χ1n) is 10.1. The summed E-state index contributed by atoms with van der Waals surface area (Å²) >= 11 is 0. The third-order valence-corrected chi connectivity index (χ3v) is 5.15. The van der Waals surface area contributed by atoms with Crippen LogP contribution in [0.5, 0.6) is 0 Å². The fourth-order valence-electron chi connectivity index (χ4n) is 3.54. The van der Waals surface area contributed by atoms with Gasteiger partial charge in [0.25, 0.3) is 0 Å². The number of amides is 1. The number of hydrogen-bond donors (Lipinski definition) is 1. The van der Waals surface area contributed by atoms with Gasteiger partial charge in [0.2, 0.25) is 0 Å². The molecule has 0 bridgehead atoms. The van der Waals surface area contributed by atoms with Gasteiger partial charge in [-0.25, -0.2) is 4.79 Å². The van der Waals surface area contributed by atoms with Crippen molar-refractivity contribution in [3.63, 3.8) is 0 Å². The van der Waals surface area contributed by atoms with Crippen LogP contribution in [-0.4, -0.2) is 17.7 Å². The van der Waals surface area contributed by atoms with E-state index < -0.39 is 6.09 Å². The Morgan fingerprint density at radius 1 is 1.03 bits per heavy atom. The van der Waals surface area contributed by atoms with Gasteiger partial charge in [-0.1, -0.05) is 78.9 Å². The van der Waals surface area contributed by atoms with Gasteiger partial charge in [0.1, 0.15) is 0 Å². The van der Waals surface area contributed by atoms with Gasteiger partial charge < -0.3 is 4.74 Å². The van der Waals surface area contributed by atoms with Crippen LogP contribution in [0.15, 0.2) is 97.4 Å². The molecular weight excluding hydrogens is 372 g/mol. The molecule has 0 radical (unpaired) electrons. The lowest BCUT2D eigenvalue weighted by molar-refractivity contribution is 0.163. The molecule has 0 saturated heterocycles. The Morgan fingerprint density at radius 3 is 2.63 bits per heavy atom. The third kappa shape index (κ3) is 5.03. The second-order valence-corrected chi connectivity index (χ2v) is 7.20. The Bertz CT molecular complexity index is 1040. The van der Waals surface area contributed by atoms with E-state index in [1.54, 1.807) is 12.4 Å². The van der Waals surface area contributed by atoms with Crippen molar-refractivity contribution in [2.24, 2.45) is 0 Å². The van der Waals surface area contributed by atoms with Crippen molar-refractivity contribution in [2.75, 3.05) is 11.9 Å². The number of carbonyl (C=O) groups excluding carboxylic acids is 1. The second-order valence-electron chi connectivity index (χ2n) is 7.20. The summed E-state index contributed by atoms with van der Waals surface area (Å²) in [6, 6.07) is 20.3. The Balaban J connectivity index is 1.40. The highest BCUT2D eigenvalue weighted by Gasteiger charge is 2.12. The number of benzene rings is 2. The summed E-state index contributed by atoms with van der Waals surface area (Å²) in [7, 11) is 0. The maximum absolute atomic E-state index is 12.3. The van der Waals surface area contributed by atoms with Crippen molar-refractivity contribution < 1.29 is 9.53 Å². The summed E-state index contributed by atoms with van der Waals surface area (Å²) in [6.07, 6.45) is 13.2. The van der Waals surface area contributed by atoms with Crippen LogP contribution in [0.1, 0.15) is 23.5 Å². The maximum atomic E-state index is 12.3. The zero-order valence-electron chi connectivity index (χ0n) is 16.7. The highest BCUT2D eigenvalue weighted by molar-refractivity contribution is 5.91. The SMILES string of the molecule is O=C(Nc1cnccc1-c1ccc([C@H]2C=CC=CC2)cc1)OCCc1ccccc1. The zero-order chi connectivity index (χ0) is 20.6. The Morgan fingerprint density at radius 2 is 1.87 bits per heavy atom. The molecule has 4 nitrogen and oxygen atoms in total. The molecule has 1 heterocycles. The standard InChI is InChI=1S/C26H24N2O2/c29-26(30-18-16-20-7-3-1-4-8-20)28-25-19-27-17-15-24(25)23-13-11-22(12-14-23)21-9-5-2-6-10-21/h1-9,11-15,17,19,21H,10,16,18H2,(H,28,29)/t21-/m0/s1. The van der Waals surface area contributed by atoms with Gasteiger partial charge in [0, 0.05) is 24.1 Å². The van der Waals surface area contributed by atoms with Gasteiger partial charge in [-0.3, -0.25) is 10.3 Å². The normalized spacial score (nSPS) is 15.0. The van der Waals surface area contributed by atoms with Crippen molar-refractivity contribution in [3.05, 3.63) is 108 Å². The average molecular weight is 396 g/mol. The van der Waals surface area contributed by atoms with Crippen molar-refractivity contribution in [1.82, 2.24) is 4.98 Å². The number of hydrogen-bond acceptors (Lipinski definition) is 3. The average Bonchev–Trinajstić information content (AvgIpc) is 2.81. The van der Waals surface area contributed by atoms with Gasteiger partial charge in [0.15, 0.2) is 0 Å². The largest absolute Gasteiger partial charge is 0.449 e. The zero-order valence-corrected chi connectivity index (χ0v) is 16.7. The lowest BCUT2D eigenvalue weighted by Gasteiger charge is -2.15. The number of pyridine rings is 1. The molecule has 0 aliphatic heterocycles. The van der Waals surface area contributed by atoms with E-state index in [1.165, 1.54) is 5.56 Å². The molecule has 150 valence electrons. The number of ether oxygens (including phenoxy) is 1. The van der Waals surface area contributed by atoms with Crippen LogP contribution >= 0.6 is 0 Å². The van der Waals surface area contributed by atoms with Crippen LogP contribution in [0.4, 0.5) is 10.5 Å². The number of rotatable bonds is 6. The van der Waals surface area contributed by atoms with Gasteiger partial charge in [-0.2, -0.15) is 0 Å². The maximum Gasteiger partial charge on any atom is 0.411 e. The second kappa shape index (κ2) is 9.70. The minimum atomic E-state index is -0.476. The van der Waals surface area contributed by atoms with E-state index in [0.29, 0.717) is 24.6 Å². The molecule has 0 spiro atoms. The number of nitrogens with zero attached hydrogens (tertiary/aromatic N) is 1. The molecule has 4 rings (SSSR count). The molecule has 1 N–H and O–H groups in total. The van der Waals surface area contributed by atoms with Crippen LogP contribution in [-0.2, 0) is 11.2 Å². The van der Waals surface area contributed by atoms with Crippen LogP contribution in [0.25, 0.3) is 11.1 Å². The van der Waals surface area contributed by atoms with E-state index in [2.05, 4.69) is 58.9 Å². The molecule has 0 unspecified atom stereocenters. The first-order chi connectivity index (χ1) is 14.8. The van der Waals surface area contributed by atoms with Crippen LogP contribution in [0.3, 0.4) is 0 Å². The molecule has 30 heavy (non-hydrogen) atoms. The summed E-state index contributed by atoms with van der Waals surface area (Å²) in [4.78, 5) is 16.4. The summed E-state index contributed by atoms with van der Waals surface area (Å²) < 4.78 is 5.35. The molecule has 2 aromatic carbocycles. The topological polar surface area (TPSA) is 51.2 Å². The van der Waals surface area contributed by atoms with Crippen LogP contribution in [0, 0.1) is 0 Å². The number of aromatic nitrogens is 1. The molecule has 4 heteroatoms. The van der Waals surface area contributed by atoms with Crippen molar-refractivity contribution in [2.45, 2.75) is 18.8 Å². The summed E-state index contributed by atoms with van der Waals surface area (Å²) in [5, 5.41) is 2.83. The molecule has 1 aliphatic carbocycles. The van der Waals surface area contributed by atoms with E-state index >= 15 is 0 Å². The Kier molecular flexibility index (Phi) is 6.35. The van der Waals surface area contributed by atoms with Gasteiger partial charge >= 0.3 is 6.09 Å². The molecule has 1 aliphatic rings. The third-order valence-electron chi connectivity index (χ3n) is 5.15. The van der Waals surface area contributed by atoms with Gasteiger partial charge in [-0.05, 0) is 29.2 Å². The van der Waals surface area contributed by atoms with Gasteiger partial charge in [0.05, 0.1) is 18.5 Å². The van der Waals surface area contributed by atoms with E-state index in [0.717, 1.165) is 23.1 Å². The lowest BCUT2D eigenvalue weighted by Crippen LogP contribution is -2.16.